The number of Topliss-reactive ketones (excluding diaryl/α,β-unsaturated/α-hetero) is 1. The summed E-state index contributed by atoms with van der Waals surface area (Å²) in [4.78, 5) is 47.4. The Morgan fingerprint density at radius 1 is 1.07 bits per heavy atom. The third-order valence-corrected chi connectivity index (χ3v) is 4.59. The number of aryl methyl sites for hydroxylation is 1. The molecule has 1 fully saturated rings. The van der Waals surface area contributed by atoms with Gasteiger partial charge in [0.2, 0.25) is 0 Å². The van der Waals surface area contributed by atoms with Crippen molar-refractivity contribution in [2.24, 2.45) is 0 Å². The van der Waals surface area contributed by atoms with Gasteiger partial charge in [-0.3, -0.25) is 24.5 Å². The quantitative estimate of drug-likeness (QED) is 0.260. The zero-order valence-electron chi connectivity index (χ0n) is 15.2. The van der Waals surface area contributed by atoms with E-state index in [1.807, 2.05) is 6.92 Å². The summed E-state index contributed by atoms with van der Waals surface area (Å²) in [5.74, 6) is -3.87. The van der Waals surface area contributed by atoms with Crippen LogP contribution in [-0.4, -0.2) is 44.2 Å². The number of likely N-dealkylation sites (tertiary alicyclic amines) is 1. The average molecular weight is 396 g/mol. The number of carbonyl (C=O) groups excluding carboxylic acids is 2. The van der Waals surface area contributed by atoms with Crippen LogP contribution in [0.15, 0.2) is 54.1 Å². The van der Waals surface area contributed by atoms with Gasteiger partial charge in [-0.2, -0.15) is 0 Å². The molecule has 9 nitrogen and oxygen atoms in total. The smallest absolute Gasteiger partial charge is 0.323 e. The maximum Gasteiger partial charge on any atom is 0.323 e. The summed E-state index contributed by atoms with van der Waals surface area (Å²) < 4.78 is 0. The SMILES string of the molecule is Cc1ccc(/C(O)=C2/C(=O)C(=O)N(CC(=O)O)C2c2ccc([N+](=O)[O-])cc2)cc1. The van der Waals surface area contributed by atoms with E-state index in [2.05, 4.69) is 0 Å². The number of carbonyl (C=O) groups is 3. The lowest BCUT2D eigenvalue weighted by Crippen LogP contribution is -2.34. The fourth-order valence-electron chi connectivity index (χ4n) is 3.18. The summed E-state index contributed by atoms with van der Waals surface area (Å²) in [6.07, 6.45) is 0. The highest BCUT2D eigenvalue weighted by Crippen LogP contribution is 2.39. The first-order valence-electron chi connectivity index (χ1n) is 8.52. The molecular weight excluding hydrogens is 380 g/mol. The minimum absolute atomic E-state index is 0.206. The molecule has 0 spiro atoms. The van der Waals surface area contributed by atoms with Crippen LogP contribution in [0.4, 0.5) is 5.69 Å². The van der Waals surface area contributed by atoms with E-state index in [1.54, 1.807) is 24.3 Å². The van der Waals surface area contributed by atoms with E-state index in [0.29, 0.717) is 0 Å². The Morgan fingerprint density at radius 2 is 1.66 bits per heavy atom. The monoisotopic (exact) mass is 396 g/mol. The molecule has 1 heterocycles. The van der Waals surface area contributed by atoms with Crippen molar-refractivity contribution in [1.29, 1.82) is 0 Å². The predicted octanol–water partition coefficient (Wildman–Crippen LogP) is 2.41. The van der Waals surface area contributed by atoms with Crippen LogP contribution >= 0.6 is 0 Å². The van der Waals surface area contributed by atoms with Crippen LogP contribution in [0.25, 0.3) is 5.76 Å². The van der Waals surface area contributed by atoms with Crippen LogP contribution in [0.3, 0.4) is 0 Å². The third kappa shape index (κ3) is 3.70. The Morgan fingerprint density at radius 3 is 2.17 bits per heavy atom. The van der Waals surface area contributed by atoms with Gasteiger partial charge < -0.3 is 15.1 Å². The minimum atomic E-state index is -1.34. The molecule has 1 aliphatic heterocycles. The Labute approximate surface area is 164 Å². The molecule has 1 aliphatic rings. The summed E-state index contributed by atoms with van der Waals surface area (Å²) in [5, 5.41) is 30.8. The van der Waals surface area contributed by atoms with E-state index < -0.39 is 40.9 Å². The van der Waals surface area contributed by atoms with Gasteiger partial charge in [0.05, 0.1) is 16.5 Å². The van der Waals surface area contributed by atoms with Gasteiger partial charge in [-0.25, -0.2) is 0 Å². The molecule has 2 N–H and O–H groups in total. The molecule has 148 valence electrons. The second-order valence-electron chi connectivity index (χ2n) is 6.54. The molecule has 1 amide bonds. The van der Waals surface area contributed by atoms with Crippen LogP contribution in [0, 0.1) is 17.0 Å². The van der Waals surface area contributed by atoms with E-state index >= 15 is 0 Å². The van der Waals surface area contributed by atoms with Crippen molar-refractivity contribution < 1.29 is 29.5 Å². The zero-order chi connectivity index (χ0) is 21.3. The van der Waals surface area contributed by atoms with Crippen molar-refractivity contribution in [3.63, 3.8) is 0 Å². The highest BCUT2D eigenvalue weighted by molar-refractivity contribution is 6.46. The van der Waals surface area contributed by atoms with E-state index in [4.69, 9.17) is 5.11 Å². The largest absolute Gasteiger partial charge is 0.507 e. The molecule has 2 aromatic rings. The first-order chi connectivity index (χ1) is 13.7. The Balaban J connectivity index is 2.18. The number of carboxylic acids is 1. The molecule has 29 heavy (non-hydrogen) atoms. The normalized spacial score (nSPS) is 18.1. The van der Waals surface area contributed by atoms with Crippen LogP contribution in [0.5, 0.6) is 0 Å². The third-order valence-electron chi connectivity index (χ3n) is 4.59. The summed E-state index contributed by atoms with van der Waals surface area (Å²) >= 11 is 0. The first-order valence-corrected chi connectivity index (χ1v) is 8.52. The predicted molar refractivity (Wildman–Crippen MR) is 101 cm³/mol. The lowest BCUT2D eigenvalue weighted by atomic mass is 9.95. The van der Waals surface area contributed by atoms with Gasteiger partial charge in [-0.15, -0.1) is 0 Å². The maximum absolute atomic E-state index is 12.6. The number of aliphatic hydroxyl groups excluding tert-OH is 1. The van der Waals surface area contributed by atoms with Crippen molar-refractivity contribution in [1.82, 2.24) is 4.90 Å². The van der Waals surface area contributed by atoms with Crippen molar-refractivity contribution in [3.05, 3.63) is 80.9 Å². The van der Waals surface area contributed by atoms with Crippen molar-refractivity contribution in [3.8, 4) is 0 Å². The van der Waals surface area contributed by atoms with Gasteiger partial charge >= 0.3 is 5.97 Å². The van der Waals surface area contributed by atoms with E-state index in [-0.39, 0.29) is 22.4 Å². The van der Waals surface area contributed by atoms with E-state index in [9.17, 15) is 29.6 Å². The summed E-state index contributed by atoms with van der Waals surface area (Å²) in [5.41, 5.74) is 0.997. The lowest BCUT2D eigenvalue weighted by Gasteiger charge is -2.23. The molecular formula is C20H16N2O7. The van der Waals surface area contributed by atoms with Crippen LogP contribution in [0.1, 0.15) is 22.7 Å². The van der Waals surface area contributed by atoms with Gasteiger partial charge in [0.15, 0.2) is 0 Å². The number of non-ortho nitro benzene ring substituents is 1. The molecule has 0 aliphatic carbocycles. The molecule has 1 unspecified atom stereocenters. The number of carboxylic acid groups (broad SMARTS) is 1. The number of aliphatic carboxylic acids is 1. The average Bonchev–Trinajstić information content (AvgIpc) is 2.92. The van der Waals surface area contributed by atoms with Gasteiger partial charge in [0.1, 0.15) is 12.3 Å². The molecule has 0 saturated carbocycles. The van der Waals surface area contributed by atoms with Gasteiger partial charge in [0, 0.05) is 17.7 Å². The molecule has 0 aromatic heterocycles. The number of nitrogens with zero attached hydrogens (tertiary/aromatic N) is 2. The highest BCUT2D eigenvalue weighted by atomic mass is 16.6. The Kier molecular flexibility index (Phi) is 5.14. The first kappa shape index (κ1) is 19.7. The number of amides is 1. The number of nitro groups is 1. The summed E-state index contributed by atoms with van der Waals surface area (Å²) in [6, 6.07) is 10.4. The molecule has 1 atom stereocenters. The molecule has 9 heteroatoms. The van der Waals surface area contributed by atoms with Crippen LogP contribution < -0.4 is 0 Å². The topological polar surface area (TPSA) is 138 Å². The summed E-state index contributed by atoms with van der Waals surface area (Å²) in [6.45, 7) is 1.07. The number of nitro benzene ring substituents is 1. The fraction of sp³-hybridized carbons (Fsp3) is 0.150. The van der Waals surface area contributed by atoms with Crippen molar-refractivity contribution >= 4 is 29.1 Å². The number of aliphatic hydroxyl groups is 1. The van der Waals surface area contributed by atoms with Gasteiger partial charge in [0.25, 0.3) is 17.4 Å². The summed E-state index contributed by atoms with van der Waals surface area (Å²) in [7, 11) is 0. The second kappa shape index (κ2) is 7.55. The standard InChI is InChI=1S/C20H16N2O7/c1-11-2-4-13(5-3-11)18(25)16-17(12-6-8-14(9-7-12)22(28)29)21(10-15(23)24)20(27)19(16)26/h2-9,17,25H,10H2,1H3,(H,23,24)/b18-16-. The zero-order valence-corrected chi connectivity index (χ0v) is 15.2. The maximum atomic E-state index is 12.6. The molecule has 2 aromatic carbocycles. The molecule has 0 radical (unpaired) electrons. The van der Waals surface area contributed by atoms with E-state index in [0.717, 1.165) is 10.5 Å². The second-order valence-corrected chi connectivity index (χ2v) is 6.54. The van der Waals surface area contributed by atoms with Crippen LogP contribution in [0.2, 0.25) is 0 Å². The Hall–Kier alpha value is -4.01. The fourth-order valence-corrected chi connectivity index (χ4v) is 3.18. The molecule has 1 saturated heterocycles. The number of hydrogen-bond acceptors (Lipinski definition) is 6. The number of benzene rings is 2. The number of ketones is 1. The van der Waals surface area contributed by atoms with Crippen molar-refractivity contribution in [2.45, 2.75) is 13.0 Å². The number of hydrogen-bond donors (Lipinski definition) is 2. The molecule has 3 rings (SSSR count). The van der Waals surface area contributed by atoms with Crippen LogP contribution in [-0.2, 0) is 14.4 Å². The lowest BCUT2D eigenvalue weighted by molar-refractivity contribution is -0.384. The van der Waals surface area contributed by atoms with Gasteiger partial charge in [-0.1, -0.05) is 29.8 Å². The molecule has 0 bridgehead atoms. The van der Waals surface area contributed by atoms with E-state index in [1.165, 1.54) is 24.3 Å². The van der Waals surface area contributed by atoms with Crippen molar-refractivity contribution in [2.75, 3.05) is 6.54 Å². The minimum Gasteiger partial charge on any atom is -0.507 e. The highest BCUT2D eigenvalue weighted by Gasteiger charge is 2.46. The number of rotatable bonds is 5. The Bertz CT molecular complexity index is 1040. The van der Waals surface area contributed by atoms with Gasteiger partial charge in [-0.05, 0) is 24.6 Å².